The van der Waals surface area contributed by atoms with Crippen LogP contribution in [0.15, 0.2) is 81.8 Å². The number of fused-ring (bicyclic) bond motifs is 1. The minimum absolute atomic E-state index is 0.00810. The number of thioether (sulfide) groups is 1. The van der Waals surface area contributed by atoms with Crippen LogP contribution >= 0.6 is 11.8 Å². The number of nitrogens with one attached hydrogen (secondary N) is 1. The highest BCUT2D eigenvalue weighted by Crippen LogP contribution is 2.32. The molecule has 4 rings (SSSR count). The summed E-state index contributed by atoms with van der Waals surface area (Å²) in [5.41, 5.74) is 4.07. The van der Waals surface area contributed by atoms with Crippen LogP contribution in [-0.2, 0) is 4.79 Å². The highest BCUT2D eigenvalue weighted by atomic mass is 32.2. The van der Waals surface area contributed by atoms with Gasteiger partial charge in [0.15, 0.2) is 5.16 Å². The van der Waals surface area contributed by atoms with Crippen LogP contribution in [0.4, 0.5) is 0 Å². The van der Waals surface area contributed by atoms with Crippen LogP contribution in [0, 0.1) is 0 Å². The van der Waals surface area contributed by atoms with E-state index in [1.54, 1.807) is 37.4 Å². The second kappa shape index (κ2) is 11.4. The molecule has 0 bridgehead atoms. The van der Waals surface area contributed by atoms with Crippen LogP contribution in [0.3, 0.4) is 0 Å². The average Bonchev–Trinajstić information content (AvgIpc) is 2.92. The number of hydrazone groups is 1. The number of methoxy groups -OCH3 is 3. The summed E-state index contributed by atoms with van der Waals surface area (Å²) in [7, 11) is 4.58. The number of nitrogens with zero attached hydrogens (tertiary/aromatic N) is 3. The van der Waals surface area contributed by atoms with Crippen molar-refractivity contribution in [3.05, 3.63) is 82.6 Å². The van der Waals surface area contributed by atoms with Crippen molar-refractivity contribution in [2.45, 2.75) is 5.16 Å². The van der Waals surface area contributed by atoms with E-state index in [1.807, 2.05) is 36.4 Å². The monoisotopic (exact) mass is 504 g/mol. The largest absolute Gasteiger partial charge is 0.496 e. The number of benzene rings is 3. The summed E-state index contributed by atoms with van der Waals surface area (Å²) >= 11 is 1.15. The summed E-state index contributed by atoms with van der Waals surface area (Å²) < 4.78 is 17.5. The predicted molar refractivity (Wildman–Crippen MR) is 140 cm³/mol. The second-order valence-corrected chi connectivity index (χ2v) is 8.36. The van der Waals surface area contributed by atoms with Gasteiger partial charge in [0.1, 0.15) is 17.2 Å². The van der Waals surface area contributed by atoms with E-state index in [0.29, 0.717) is 44.6 Å². The third kappa shape index (κ3) is 5.33. The molecule has 0 spiro atoms. The molecule has 0 atom stereocenters. The van der Waals surface area contributed by atoms with Gasteiger partial charge in [-0.1, -0.05) is 42.1 Å². The van der Waals surface area contributed by atoms with Crippen LogP contribution < -0.4 is 25.2 Å². The number of para-hydroxylation sites is 2. The lowest BCUT2D eigenvalue weighted by Gasteiger charge is -2.13. The van der Waals surface area contributed by atoms with Gasteiger partial charge in [0.05, 0.1) is 55.5 Å². The van der Waals surface area contributed by atoms with E-state index in [-0.39, 0.29) is 17.2 Å². The molecule has 1 aromatic heterocycles. The van der Waals surface area contributed by atoms with Crippen LogP contribution in [0.5, 0.6) is 17.2 Å². The number of hydrogen-bond donors (Lipinski definition) is 1. The maximum atomic E-state index is 13.2. The molecule has 0 aliphatic heterocycles. The number of amides is 1. The standard InChI is InChI=1S/C26H24N4O5S/c1-33-18-13-22(34-2)20(23(14-18)35-3)15-27-29-24(31)16-36-26-28-21-12-8-7-11-19(21)25(32)30(26)17-9-5-4-6-10-17/h4-15H,16H2,1-3H3,(H,29,31). The van der Waals surface area contributed by atoms with Gasteiger partial charge in [-0.2, -0.15) is 5.10 Å². The van der Waals surface area contributed by atoms with Crippen LogP contribution in [-0.4, -0.2) is 48.8 Å². The van der Waals surface area contributed by atoms with Crippen molar-refractivity contribution in [1.82, 2.24) is 15.0 Å². The van der Waals surface area contributed by atoms with Crippen molar-refractivity contribution >= 4 is 34.8 Å². The molecular weight excluding hydrogens is 480 g/mol. The van der Waals surface area contributed by atoms with E-state index >= 15 is 0 Å². The van der Waals surface area contributed by atoms with Gasteiger partial charge in [0.25, 0.3) is 11.5 Å². The lowest BCUT2D eigenvalue weighted by atomic mass is 10.2. The fraction of sp³-hybridized carbons (Fsp3) is 0.154. The molecule has 4 aromatic rings. The summed E-state index contributed by atoms with van der Waals surface area (Å²) in [5, 5.41) is 4.95. The summed E-state index contributed by atoms with van der Waals surface area (Å²) in [6.07, 6.45) is 1.44. The Hall–Kier alpha value is -4.31. The van der Waals surface area contributed by atoms with Gasteiger partial charge < -0.3 is 14.2 Å². The first-order valence-corrected chi connectivity index (χ1v) is 11.9. The third-order valence-corrected chi connectivity index (χ3v) is 6.17. The molecule has 0 unspecified atom stereocenters. The van der Waals surface area contributed by atoms with E-state index in [0.717, 1.165) is 11.8 Å². The molecular formula is C26H24N4O5S. The van der Waals surface area contributed by atoms with Gasteiger partial charge >= 0.3 is 0 Å². The molecule has 0 aliphatic carbocycles. The Morgan fingerprint density at radius 3 is 2.33 bits per heavy atom. The maximum absolute atomic E-state index is 13.2. The normalized spacial score (nSPS) is 11.0. The number of carbonyl (C=O) groups is 1. The second-order valence-electron chi connectivity index (χ2n) is 7.42. The molecule has 36 heavy (non-hydrogen) atoms. The van der Waals surface area contributed by atoms with Crippen LogP contribution in [0.2, 0.25) is 0 Å². The molecule has 1 amide bonds. The zero-order valence-electron chi connectivity index (χ0n) is 19.9. The predicted octanol–water partition coefficient (Wildman–Crippen LogP) is 3.65. The molecule has 10 heteroatoms. The van der Waals surface area contributed by atoms with Gasteiger partial charge in [0.2, 0.25) is 0 Å². The fourth-order valence-electron chi connectivity index (χ4n) is 3.50. The van der Waals surface area contributed by atoms with Crippen LogP contribution in [0.1, 0.15) is 5.56 Å². The Morgan fingerprint density at radius 2 is 1.67 bits per heavy atom. The van der Waals surface area contributed by atoms with E-state index in [9.17, 15) is 9.59 Å². The topological polar surface area (TPSA) is 104 Å². The molecule has 3 aromatic carbocycles. The van der Waals surface area contributed by atoms with Crippen molar-refractivity contribution in [3.63, 3.8) is 0 Å². The molecule has 0 saturated carbocycles. The first-order valence-electron chi connectivity index (χ1n) is 10.9. The minimum Gasteiger partial charge on any atom is -0.496 e. The number of hydrogen-bond acceptors (Lipinski definition) is 8. The first kappa shape index (κ1) is 24.8. The Kier molecular flexibility index (Phi) is 7.86. The van der Waals surface area contributed by atoms with Gasteiger partial charge in [-0.05, 0) is 24.3 Å². The van der Waals surface area contributed by atoms with E-state index in [2.05, 4.69) is 15.5 Å². The quantitative estimate of drug-likeness (QED) is 0.161. The van der Waals surface area contributed by atoms with E-state index < -0.39 is 0 Å². The number of aromatic nitrogens is 2. The van der Waals surface area contributed by atoms with Gasteiger partial charge in [0, 0.05) is 12.1 Å². The van der Waals surface area contributed by atoms with E-state index in [4.69, 9.17) is 14.2 Å². The highest BCUT2D eigenvalue weighted by Gasteiger charge is 2.15. The van der Waals surface area contributed by atoms with Gasteiger partial charge in [-0.25, -0.2) is 10.4 Å². The Balaban J connectivity index is 1.54. The Bertz CT molecular complexity index is 1450. The molecule has 9 nitrogen and oxygen atoms in total. The highest BCUT2D eigenvalue weighted by molar-refractivity contribution is 7.99. The zero-order chi connectivity index (χ0) is 25.5. The van der Waals surface area contributed by atoms with Crippen molar-refractivity contribution in [1.29, 1.82) is 0 Å². The van der Waals surface area contributed by atoms with Crippen molar-refractivity contribution < 1.29 is 19.0 Å². The fourth-order valence-corrected chi connectivity index (χ4v) is 4.31. The number of ether oxygens (including phenoxy) is 3. The Labute approximate surface area is 211 Å². The summed E-state index contributed by atoms with van der Waals surface area (Å²) in [5.74, 6) is 1.14. The SMILES string of the molecule is COc1cc(OC)c(C=NNC(=O)CSc2nc3ccccc3c(=O)n2-c2ccccc2)c(OC)c1. The zero-order valence-corrected chi connectivity index (χ0v) is 20.7. The van der Waals surface area contributed by atoms with Crippen molar-refractivity contribution in [3.8, 4) is 22.9 Å². The molecule has 184 valence electrons. The molecule has 1 heterocycles. The molecule has 0 aliphatic rings. The van der Waals surface area contributed by atoms with Crippen LogP contribution in [0.25, 0.3) is 16.6 Å². The molecule has 1 N–H and O–H groups in total. The lowest BCUT2D eigenvalue weighted by Crippen LogP contribution is -2.24. The minimum atomic E-state index is -0.371. The van der Waals surface area contributed by atoms with Crippen molar-refractivity contribution in [2.75, 3.05) is 27.1 Å². The smallest absolute Gasteiger partial charge is 0.266 e. The maximum Gasteiger partial charge on any atom is 0.266 e. The average molecular weight is 505 g/mol. The van der Waals surface area contributed by atoms with Crippen molar-refractivity contribution in [2.24, 2.45) is 5.10 Å². The summed E-state index contributed by atoms with van der Waals surface area (Å²) in [6.45, 7) is 0. The summed E-state index contributed by atoms with van der Waals surface area (Å²) in [4.78, 5) is 30.4. The van der Waals surface area contributed by atoms with E-state index in [1.165, 1.54) is 25.0 Å². The van der Waals surface area contributed by atoms with Gasteiger partial charge in [-0.15, -0.1) is 0 Å². The Morgan fingerprint density at radius 1 is 1.00 bits per heavy atom. The first-order chi connectivity index (χ1) is 17.5. The van der Waals surface area contributed by atoms with Gasteiger partial charge in [-0.3, -0.25) is 14.2 Å². The summed E-state index contributed by atoms with van der Waals surface area (Å²) in [6, 6.07) is 19.7. The molecule has 0 radical (unpaired) electrons. The number of carbonyl (C=O) groups excluding carboxylic acids is 1. The number of rotatable bonds is 9. The lowest BCUT2D eigenvalue weighted by molar-refractivity contribution is -0.118. The molecule has 0 saturated heterocycles. The third-order valence-electron chi connectivity index (χ3n) is 5.23. The molecule has 0 fully saturated rings.